The highest BCUT2D eigenvalue weighted by atomic mass is 19.1. The summed E-state index contributed by atoms with van der Waals surface area (Å²) < 4.78 is 15.3. The van der Waals surface area contributed by atoms with Gasteiger partial charge in [-0.1, -0.05) is 12.1 Å². The van der Waals surface area contributed by atoms with E-state index in [-0.39, 0.29) is 17.6 Å². The van der Waals surface area contributed by atoms with E-state index in [0.717, 1.165) is 5.56 Å². The molecule has 2 fully saturated rings. The molecule has 2 aliphatic heterocycles. The van der Waals surface area contributed by atoms with Gasteiger partial charge in [0.25, 0.3) is 5.91 Å². The van der Waals surface area contributed by atoms with Crippen molar-refractivity contribution in [3.05, 3.63) is 53.6 Å². The molecule has 0 bridgehead atoms. The lowest BCUT2D eigenvalue weighted by Crippen LogP contribution is -2.55. The van der Waals surface area contributed by atoms with Gasteiger partial charge in [-0.15, -0.1) is 0 Å². The van der Waals surface area contributed by atoms with Crippen LogP contribution in [0.2, 0.25) is 0 Å². The van der Waals surface area contributed by atoms with Crippen LogP contribution in [-0.2, 0) is 17.9 Å². The van der Waals surface area contributed by atoms with Crippen molar-refractivity contribution in [1.29, 1.82) is 0 Å². The van der Waals surface area contributed by atoms with Crippen molar-refractivity contribution in [2.45, 2.75) is 38.4 Å². The number of amides is 2. The number of carbonyl (C=O) groups excluding carboxylic acids is 2. The van der Waals surface area contributed by atoms with Crippen LogP contribution in [0.15, 0.2) is 36.7 Å². The number of nitrogens with one attached hydrogen (secondary N) is 1. The van der Waals surface area contributed by atoms with Crippen LogP contribution in [0.4, 0.5) is 4.39 Å². The molecular formula is C21H26FN5O2. The van der Waals surface area contributed by atoms with E-state index in [0.29, 0.717) is 57.7 Å². The van der Waals surface area contributed by atoms with Crippen molar-refractivity contribution in [2.75, 3.05) is 26.2 Å². The van der Waals surface area contributed by atoms with E-state index in [1.54, 1.807) is 28.0 Å². The fourth-order valence-electron chi connectivity index (χ4n) is 4.30. The van der Waals surface area contributed by atoms with E-state index in [4.69, 9.17) is 0 Å². The lowest BCUT2D eigenvalue weighted by atomic mass is 9.97. The van der Waals surface area contributed by atoms with Gasteiger partial charge in [0, 0.05) is 51.9 Å². The first-order valence-corrected chi connectivity index (χ1v) is 10.1. The van der Waals surface area contributed by atoms with Gasteiger partial charge in [0.15, 0.2) is 0 Å². The number of aromatic nitrogens is 2. The Morgan fingerprint density at radius 3 is 2.93 bits per heavy atom. The quantitative estimate of drug-likeness (QED) is 0.849. The fourth-order valence-corrected chi connectivity index (χ4v) is 4.30. The van der Waals surface area contributed by atoms with Crippen LogP contribution in [0.5, 0.6) is 0 Å². The number of aryl methyl sites for hydroxylation is 1. The number of hydrogen-bond donors (Lipinski definition) is 1. The van der Waals surface area contributed by atoms with E-state index in [1.165, 1.54) is 12.1 Å². The molecule has 0 radical (unpaired) electrons. The topological polar surface area (TPSA) is 70.5 Å². The predicted molar refractivity (Wildman–Crippen MR) is 106 cm³/mol. The molecule has 1 spiro atoms. The van der Waals surface area contributed by atoms with Gasteiger partial charge < -0.3 is 10.2 Å². The highest BCUT2D eigenvalue weighted by Gasteiger charge is 2.44. The first-order chi connectivity index (χ1) is 14.0. The van der Waals surface area contributed by atoms with Gasteiger partial charge in [-0.3, -0.25) is 19.2 Å². The summed E-state index contributed by atoms with van der Waals surface area (Å²) in [5.74, 6) is -0.317. The molecule has 2 amide bonds. The van der Waals surface area contributed by atoms with E-state index in [9.17, 15) is 14.0 Å². The van der Waals surface area contributed by atoms with Crippen LogP contribution >= 0.6 is 0 Å². The maximum atomic E-state index is 13.6. The minimum absolute atomic E-state index is 0.000145. The average Bonchev–Trinajstić information content (AvgIpc) is 3.29. The summed E-state index contributed by atoms with van der Waals surface area (Å²) in [7, 11) is 0. The first kappa shape index (κ1) is 19.6. The molecule has 1 atom stereocenters. The van der Waals surface area contributed by atoms with Gasteiger partial charge in [0.2, 0.25) is 5.91 Å². The number of carbonyl (C=O) groups is 2. The molecule has 3 heterocycles. The third-order valence-electron chi connectivity index (χ3n) is 5.73. The largest absolute Gasteiger partial charge is 0.347 e. The smallest absolute Gasteiger partial charge is 0.257 e. The van der Waals surface area contributed by atoms with Crippen LogP contribution < -0.4 is 5.32 Å². The summed E-state index contributed by atoms with van der Waals surface area (Å²) >= 11 is 0. The highest BCUT2D eigenvalue weighted by Crippen LogP contribution is 2.27. The Balaban J connectivity index is 1.48. The number of nitrogens with zero attached hydrogens (tertiary/aromatic N) is 4. The molecule has 1 aromatic carbocycles. The van der Waals surface area contributed by atoms with Crippen molar-refractivity contribution in [2.24, 2.45) is 0 Å². The zero-order valence-electron chi connectivity index (χ0n) is 16.6. The number of hydrogen-bond acceptors (Lipinski definition) is 4. The van der Waals surface area contributed by atoms with Gasteiger partial charge in [-0.05, 0) is 31.0 Å². The highest BCUT2D eigenvalue weighted by molar-refractivity contribution is 5.94. The summed E-state index contributed by atoms with van der Waals surface area (Å²) in [6.45, 7) is 5.56. The second kappa shape index (κ2) is 7.94. The third kappa shape index (κ3) is 4.32. The standard InChI is InChI=1S/C21H26FN5O2/c1-2-27-13-17(11-23-27)20(29)26-9-7-21(15-26)14-25(8-6-19(28)24-21)12-16-4-3-5-18(22)10-16/h3-5,10-11,13H,2,6-9,12,14-15H2,1H3,(H,24,28). The van der Waals surface area contributed by atoms with E-state index in [2.05, 4.69) is 15.3 Å². The third-order valence-corrected chi connectivity index (χ3v) is 5.73. The second-order valence-electron chi connectivity index (χ2n) is 7.98. The number of likely N-dealkylation sites (tertiary alicyclic amines) is 1. The molecule has 0 saturated carbocycles. The van der Waals surface area contributed by atoms with Gasteiger partial charge in [-0.2, -0.15) is 5.10 Å². The Morgan fingerprint density at radius 2 is 2.17 bits per heavy atom. The molecule has 8 heteroatoms. The number of benzene rings is 1. The lowest BCUT2D eigenvalue weighted by Gasteiger charge is -2.33. The van der Waals surface area contributed by atoms with Crippen LogP contribution in [0.1, 0.15) is 35.7 Å². The van der Waals surface area contributed by atoms with Crippen LogP contribution in [0, 0.1) is 5.82 Å². The van der Waals surface area contributed by atoms with Gasteiger partial charge >= 0.3 is 0 Å². The Bertz CT molecular complexity index is 914. The van der Waals surface area contributed by atoms with Crippen molar-refractivity contribution in [3.8, 4) is 0 Å². The van der Waals surface area contributed by atoms with Gasteiger partial charge in [0.1, 0.15) is 5.82 Å². The molecule has 1 N–H and O–H groups in total. The zero-order valence-corrected chi connectivity index (χ0v) is 16.6. The molecule has 2 aromatic rings. The summed E-state index contributed by atoms with van der Waals surface area (Å²) in [6, 6.07) is 6.56. The van der Waals surface area contributed by atoms with E-state index in [1.807, 2.05) is 13.0 Å². The lowest BCUT2D eigenvalue weighted by molar-refractivity contribution is -0.122. The minimum atomic E-state index is -0.475. The second-order valence-corrected chi connectivity index (χ2v) is 7.98. The van der Waals surface area contributed by atoms with Crippen LogP contribution in [0.25, 0.3) is 0 Å². The number of rotatable bonds is 4. The van der Waals surface area contributed by atoms with Crippen molar-refractivity contribution in [1.82, 2.24) is 24.9 Å². The molecule has 0 aliphatic carbocycles. The maximum Gasteiger partial charge on any atom is 0.257 e. The predicted octanol–water partition coefficient (Wildman–Crippen LogP) is 1.65. The Labute approximate surface area is 169 Å². The molecule has 1 aromatic heterocycles. The van der Waals surface area contributed by atoms with Crippen LogP contribution in [0.3, 0.4) is 0 Å². The van der Waals surface area contributed by atoms with Crippen LogP contribution in [-0.4, -0.2) is 63.1 Å². The molecule has 2 saturated heterocycles. The molecule has 4 rings (SSSR count). The average molecular weight is 399 g/mol. The maximum absolute atomic E-state index is 13.6. The molecular weight excluding hydrogens is 373 g/mol. The van der Waals surface area contributed by atoms with E-state index >= 15 is 0 Å². The first-order valence-electron chi connectivity index (χ1n) is 10.1. The Hall–Kier alpha value is -2.74. The normalized spacial score (nSPS) is 22.7. The molecule has 29 heavy (non-hydrogen) atoms. The summed E-state index contributed by atoms with van der Waals surface area (Å²) in [5.41, 5.74) is 0.977. The Kier molecular flexibility index (Phi) is 5.36. The molecule has 7 nitrogen and oxygen atoms in total. The van der Waals surface area contributed by atoms with Crippen molar-refractivity contribution < 1.29 is 14.0 Å². The SMILES string of the molecule is CCn1cc(C(=O)N2CCC3(CN(Cc4cccc(F)c4)CCC(=O)N3)C2)cn1. The molecule has 2 aliphatic rings. The molecule has 1 unspecified atom stereocenters. The van der Waals surface area contributed by atoms with Gasteiger partial charge in [0.05, 0.1) is 17.3 Å². The van der Waals surface area contributed by atoms with Gasteiger partial charge in [-0.25, -0.2) is 4.39 Å². The monoisotopic (exact) mass is 399 g/mol. The molecule has 154 valence electrons. The minimum Gasteiger partial charge on any atom is -0.347 e. The summed E-state index contributed by atoms with van der Waals surface area (Å²) in [5, 5.41) is 7.35. The van der Waals surface area contributed by atoms with Crippen molar-refractivity contribution in [3.63, 3.8) is 0 Å². The van der Waals surface area contributed by atoms with Crippen molar-refractivity contribution >= 4 is 11.8 Å². The van der Waals surface area contributed by atoms with E-state index < -0.39 is 5.54 Å². The Morgan fingerprint density at radius 1 is 1.31 bits per heavy atom. The number of halogens is 1. The fraction of sp³-hybridized carbons (Fsp3) is 0.476. The zero-order chi connectivity index (χ0) is 20.4. The summed E-state index contributed by atoms with van der Waals surface area (Å²) in [4.78, 5) is 29.2. The summed E-state index contributed by atoms with van der Waals surface area (Å²) in [6.07, 6.45) is 4.45.